The van der Waals surface area contributed by atoms with Crippen molar-refractivity contribution < 1.29 is 22.8 Å². The number of hydrogen-bond acceptors (Lipinski definition) is 2. The summed E-state index contributed by atoms with van der Waals surface area (Å²) < 4.78 is 39.2. The fourth-order valence-electron chi connectivity index (χ4n) is 2.77. The lowest BCUT2D eigenvalue weighted by Crippen LogP contribution is -2.47. The van der Waals surface area contributed by atoms with E-state index < -0.39 is 23.7 Å². The van der Waals surface area contributed by atoms with E-state index in [0.29, 0.717) is 0 Å². The molecule has 2 amide bonds. The number of carbonyl (C=O) groups is 2. The van der Waals surface area contributed by atoms with Gasteiger partial charge in [0.25, 0.3) is 0 Å². The minimum Gasteiger partial charge on any atom is -0.344 e. The molecule has 150 valence electrons. The van der Waals surface area contributed by atoms with Gasteiger partial charge >= 0.3 is 6.18 Å². The van der Waals surface area contributed by atoms with Gasteiger partial charge in [-0.15, -0.1) is 0 Å². The predicted octanol–water partition coefficient (Wildman–Crippen LogP) is 4.34. The summed E-state index contributed by atoms with van der Waals surface area (Å²) >= 11 is 0. The SMILES string of the molecule is Cc1ccc(NC(=O)[C@@H](NC(=O)Cc2ccccc2)C(C)C)cc1C(F)(F)F. The number of nitrogens with one attached hydrogen (secondary N) is 2. The highest BCUT2D eigenvalue weighted by molar-refractivity contribution is 5.97. The third kappa shape index (κ3) is 5.84. The second-order valence-corrected chi connectivity index (χ2v) is 6.97. The fraction of sp³-hybridized carbons (Fsp3) is 0.333. The molecule has 0 aliphatic rings. The van der Waals surface area contributed by atoms with Crippen molar-refractivity contribution >= 4 is 17.5 Å². The van der Waals surface area contributed by atoms with Crippen LogP contribution in [0.4, 0.5) is 18.9 Å². The van der Waals surface area contributed by atoms with Crippen LogP contribution >= 0.6 is 0 Å². The Morgan fingerprint density at radius 3 is 2.25 bits per heavy atom. The van der Waals surface area contributed by atoms with Gasteiger partial charge in [-0.2, -0.15) is 13.2 Å². The molecule has 1 atom stereocenters. The summed E-state index contributed by atoms with van der Waals surface area (Å²) in [5.74, 6) is -1.14. The predicted molar refractivity (Wildman–Crippen MR) is 102 cm³/mol. The Hall–Kier alpha value is -2.83. The zero-order chi connectivity index (χ0) is 20.9. The average molecular weight is 392 g/mol. The van der Waals surface area contributed by atoms with Crippen molar-refractivity contribution in [1.29, 1.82) is 0 Å². The Kier molecular flexibility index (Phi) is 6.83. The molecule has 0 saturated carbocycles. The highest BCUT2D eigenvalue weighted by Gasteiger charge is 2.33. The van der Waals surface area contributed by atoms with Crippen molar-refractivity contribution in [3.8, 4) is 0 Å². The summed E-state index contributed by atoms with van der Waals surface area (Å²) in [5.41, 5.74) is 0.101. The number of rotatable bonds is 6. The van der Waals surface area contributed by atoms with Crippen molar-refractivity contribution in [3.05, 3.63) is 65.2 Å². The van der Waals surface area contributed by atoms with E-state index in [0.717, 1.165) is 11.6 Å². The van der Waals surface area contributed by atoms with Crippen LogP contribution in [0.2, 0.25) is 0 Å². The van der Waals surface area contributed by atoms with E-state index in [-0.39, 0.29) is 29.5 Å². The molecule has 7 heteroatoms. The van der Waals surface area contributed by atoms with Crippen LogP contribution in [0.1, 0.15) is 30.5 Å². The highest BCUT2D eigenvalue weighted by Crippen LogP contribution is 2.33. The molecule has 0 spiro atoms. The van der Waals surface area contributed by atoms with Crippen LogP contribution in [0.25, 0.3) is 0 Å². The molecule has 0 heterocycles. The molecule has 2 N–H and O–H groups in total. The van der Waals surface area contributed by atoms with E-state index in [2.05, 4.69) is 10.6 Å². The summed E-state index contributed by atoms with van der Waals surface area (Å²) in [4.78, 5) is 24.9. The lowest BCUT2D eigenvalue weighted by Gasteiger charge is -2.22. The first-order valence-corrected chi connectivity index (χ1v) is 8.90. The number of benzene rings is 2. The first-order valence-electron chi connectivity index (χ1n) is 8.90. The van der Waals surface area contributed by atoms with Gasteiger partial charge < -0.3 is 10.6 Å². The van der Waals surface area contributed by atoms with E-state index in [4.69, 9.17) is 0 Å². The number of halogens is 3. The standard InChI is InChI=1S/C21H23F3N2O2/c1-13(2)19(26-18(27)11-15-7-5-4-6-8-15)20(28)25-16-10-9-14(3)17(12-16)21(22,23)24/h4-10,12-13,19H,11H2,1-3H3,(H,25,28)(H,26,27)/t19-/m0/s1. The third-order valence-corrected chi connectivity index (χ3v) is 4.28. The smallest absolute Gasteiger partial charge is 0.344 e. The van der Waals surface area contributed by atoms with Crippen LogP contribution in [0.3, 0.4) is 0 Å². The first-order chi connectivity index (χ1) is 13.1. The van der Waals surface area contributed by atoms with Gasteiger partial charge in [0.2, 0.25) is 11.8 Å². The van der Waals surface area contributed by atoms with Crippen molar-refractivity contribution in [2.75, 3.05) is 5.32 Å². The quantitative estimate of drug-likeness (QED) is 0.769. The average Bonchev–Trinajstić information content (AvgIpc) is 2.61. The van der Waals surface area contributed by atoms with Gasteiger partial charge in [-0.05, 0) is 36.1 Å². The molecule has 28 heavy (non-hydrogen) atoms. The number of carbonyl (C=O) groups excluding carboxylic acids is 2. The van der Waals surface area contributed by atoms with Crippen molar-refractivity contribution in [2.24, 2.45) is 5.92 Å². The molecule has 0 aromatic heterocycles. The van der Waals surface area contributed by atoms with E-state index >= 15 is 0 Å². The molecule has 0 fully saturated rings. The van der Waals surface area contributed by atoms with Gasteiger partial charge in [-0.3, -0.25) is 9.59 Å². The van der Waals surface area contributed by atoms with Crippen LogP contribution in [-0.2, 0) is 22.2 Å². The summed E-state index contributed by atoms with van der Waals surface area (Å²) in [6, 6.07) is 11.8. The van der Waals surface area contributed by atoms with Crippen LogP contribution in [0, 0.1) is 12.8 Å². The largest absolute Gasteiger partial charge is 0.416 e. The Labute approximate surface area is 162 Å². The van der Waals surface area contributed by atoms with E-state index in [1.807, 2.05) is 18.2 Å². The van der Waals surface area contributed by atoms with E-state index in [1.54, 1.807) is 26.0 Å². The van der Waals surface area contributed by atoms with Crippen LogP contribution < -0.4 is 10.6 Å². The Bertz CT molecular complexity index is 833. The second-order valence-electron chi connectivity index (χ2n) is 6.97. The lowest BCUT2D eigenvalue weighted by atomic mass is 10.0. The van der Waals surface area contributed by atoms with Crippen LogP contribution in [0.15, 0.2) is 48.5 Å². The summed E-state index contributed by atoms with van der Waals surface area (Å²) in [6.07, 6.45) is -4.40. The highest BCUT2D eigenvalue weighted by atomic mass is 19.4. The molecular weight excluding hydrogens is 369 g/mol. The molecule has 0 aliphatic heterocycles. The molecule has 0 radical (unpaired) electrons. The summed E-state index contributed by atoms with van der Waals surface area (Å²) in [7, 11) is 0. The molecule has 4 nitrogen and oxygen atoms in total. The lowest BCUT2D eigenvalue weighted by molar-refractivity contribution is -0.138. The fourth-order valence-corrected chi connectivity index (χ4v) is 2.77. The molecule has 0 aliphatic carbocycles. The van der Waals surface area contributed by atoms with Gasteiger partial charge in [-0.25, -0.2) is 0 Å². The minimum absolute atomic E-state index is 0.0332. The Balaban J connectivity index is 2.10. The van der Waals surface area contributed by atoms with E-state index in [9.17, 15) is 22.8 Å². The summed E-state index contributed by atoms with van der Waals surface area (Å²) in [6.45, 7) is 4.86. The first kappa shape index (κ1) is 21.5. The zero-order valence-corrected chi connectivity index (χ0v) is 15.9. The molecule has 2 rings (SSSR count). The van der Waals surface area contributed by atoms with Crippen LogP contribution in [0.5, 0.6) is 0 Å². The molecule has 2 aromatic carbocycles. The van der Waals surface area contributed by atoms with Gasteiger partial charge in [0, 0.05) is 5.69 Å². The van der Waals surface area contributed by atoms with Crippen LogP contribution in [-0.4, -0.2) is 17.9 Å². The van der Waals surface area contributed by atoms with Crippen molar-refractivity contribution in [3.63, 3.8) is 0 Å². The Morgan fingerprint density at radius 1 is 1.04 bits per heavy atom. The molecular formula is C21H23F3N2O2. The number of amides is 2. The van der Waals surface area contributed by atoms with E-state index in [1.165, 1.54) is 19.1 Å². The number of alkyl halides is 3. The van der Waals surface area contributed by atoms with Gasteiger partial charge in [0.15, 0.2) is 0 Å². The normalized spacial score (nSPS) is 12.5. The monoisotopic (exact) mass is 392 g/mol. The van der Waals surface area contributed by atoms with Crippen molar-refractivity contribution in [1.82, 2.24) is 5.32 Å². The van der Waals surface area contributed by atoms with Gasteiger partial charge in [0.1, 0.15) is 6.04 Å². The van der Waals surface area contributed by atoms with Gasteiger partial charge in [0.05, 0.1) is 12.0 Å². The van der Waals surface area contributed by atoms with Gasteiger partial charge in [-0.1, -0.05) is 50.2 Å². The zero-order valence-electron chi connectivity index (χ0n) is 15.9. The second kappa shape index (κ2) is 8.91. The molecule has 2 aromatic rings. The molecule has 0 bridgehead atoms. The molecule has 0 unspecified atom stereocenters. The Morgan fingerprint density at radius 2 is 1.68 bits per heavy atom. The summed E-state index contributed by atoms with van der Waals surface area (Å²) in [5, 5.41) is 5.15. The maximum atomic E-state index is 13.1. The minimum atomic E-state index is -4.51. The maximum absolute atomic E-state index is 13.1. The molecule has 0 saturated heterocycles. The number of aryl methyl sites for hydroxylation is 1. The third-order valence-electron chi connectivity index (χ3n) is 4.28. The van der Waals surface area contributed by atoms with Crippen molar-refractivity contribution in [2.45, 2.75) is 39.4 Å². The number of hydrogen-bond donors (Lipinski definition) is 2. The topological polar surface area (TPSA) is 58.2 Å². The number of anilines is 1. The maximum Gasteiger partial charge on any atom is 0.416 e.